The van der Waals surface area contributed by atoms with Crippen LogP contribution >= 0.6 is 99.3 Å². The first-order valence-electron chi connectivity index (χ1n) is 3.43. The zero-order valence-electron chi connectivity index (χ0n) is 7.83. The Kier molecular flexibility index (Phi) is 12.5. The fourth-order valence-corrected chi connectivity index (χ4v) is 57.8. The van der Waals surface area contributed by atoms with E-state index in [-0.39, 0.29) is 34.0 Å². The third-order valence-electron chi connectivity index (χ3n) is 1.00. The highest BCUT2D eigenvalue weighted by Crippen LogP contribution is 2.99. The van der Waals surface area contributed by atoms with Crippen molar-refractivity contribution in [1.82, 2.24) is 0 Å². The summed E-state index contributed by atoms with van der Waals surface area (Å²) >= 11 is 0. The van der Waals surface area contributed by atoms with Gasteiger partial charge in [-0.05, 0) is 14.3 Å². The molecule has 0 fully saturated rings. The Bertz CT molecular complexity index is 156. The van der Waals surface area contributed by atoms with Gasteiger partial charge in [-0.1, -0.05) is 22.6 Å². The maximum absolute atomic E-state index is 8.70. The molecular formula is CH16P12. The van der Waals surface area contributed by atoms with Gasteiger partial charge in [0.05, 0.1) is 0 Å². The topological polar surface area (TPSA) is 0 Å². The Morgan fingerprint density at radius 2 is 1.38 bits per heavy atom. The molecule has 12 heteroatoms. The minimum absolute atomic E-state index is 0.136. The zero-order chi connectivity index (χ0) is 11.5. The molecule has 0 rings (SSSR count). The van der Waals surface area contributed by atoms with Crippen molar-refractivity contribution in [2.45, 2.75) is 5.12 Å². The van der Waals surface area contributed by atoms with Gasteiger partial charge in [-0.3, -0.25) is 0 Å². The zero-order valence-corrected chi connectivity index (χ0v) is 19.5. The van der Waals surface area contributed by atoms with E-state index < -0.39 is 0 Å². The molecule has 0 aliphatic heterocycles. The second-order valence-electron chi connectivity index (χ2n) is 1.94. The van der Waals surface area contributed by atoms with E-state index >= 15 is 0 Å². The number of hydrogen-bond acceptors (Lipinski definition) is 0. The van der Waals surface area contributed by atoms with Crippen molar-refractivity contribution in [2.24, 2.45) is 0 Å². The van der Waals surface area contributed by atoms with Gasteiger partial charge in [0, 0.05) is 6.49 Å². The molecule has 0 heterocycles. The minimum atomic E-state index is -0.364. The molecule has 0 aromatic heterocycles. The lowest BCUT2D eigenvalue weighted by Gasteiger charge is -2.34. The van der Waals surface area contributed by atoms with Crippen LogP contribution in [0.5, 0.6) is 0 Å². The summed E-state index contributed by atoms with van der Waals surface area (Å²) < 4.78 is 8.70. The molecule has 0 radical (unpaired) electrons. The van der Waals surface area contributed by atoms with Crippen LogP contribution in [-0.4, -0.2) is 5.12 Å². The average Bonchev–Trinajstić information content (AvgIpc) is 2.03. The first kappa shape index (κ1) is 16.2. The molecule has 0 nitrogen and oxygen atoms in total. The fourth-order valence-electron chi connectivity index (χ4n) is 0.580. The predicted octanol–water partition coefficient (Wildman–Crippen LogP) is 6.24. The molecule has 0 aromatic carbocycles. The van der Waals surface area contributed by atoms with Crippen LogP contribution in [0.1, 0.15) is 1.37 Å². The van der Waals surface area contributed by atoms with Gasteiger partial charge in [-0.25, -0.2) is 0 Å². The average molecular weight is 401 g/mol. The normalized spacial score (nSPS) is 17.8. The van der Waals surface area contributed by atoms with Crippen molar-refractivity contribution in [3.05, 3.63) is 0 Å². The first-order chi connectivity index (χ1) is 6.28. The summed E-state index contributed by atoms with van der Waals surface area (Å²) in [6.07, 6.45) is 0. The number of rotatable bonds is 5. The van der Waals surface area contributed by atoms with Gasteiger partial charge in [0.25, 0.3) is 0 Å². The van der Waals surface area contributed by atoms with Gasteiger partial charge in [0.2, 0.25) is 0 Å². The molecule has 0 saturated heterocycles. The molecule has 80 valence electrons. The van der Waals surface area contributed by atoms with Crippen LogP contribution in [0.25, 0.3) is 0 Å². The van der Waals surface area contributed by atoms with Crippen molar-refractivity contribution in [3.63, 3.8) is 0 Å². The van der Waals surface area contributed by atoms with Crippen LogP contribution < -0.4 is 0 Å². The van der Waals surface area contributed by atoms with Crippen LogP contribution in [0.3, 0.4) is 0 Å². The van der Waals surface area contributed by atoms with E-state index in [2.05, 4.69) is 62.5 Å². The molecule has 0 spiro atoms. The van der Waals surface area contributed by atoms with Crippen LogP contribution in [0.2, 0.25) is 0 Å². The summed E-state index contributed by atoms with van der Waals surface area (Å²) in [7, 11) is 19.9. The van der Waals surface area contributed by atoms with Gasteiger partial charge in [-0.15, -0.1) is 62.5 Å². The molecule has 0 N–H and O–H groups in total. The lowest BCUT2D eigenvalue weighted by Crippen LogP contribution is -1.82. The quantitative estimate of drug-likeness (QED) is 0.479. The highest BCUT2D eigenvalue weighted by atomic mass is 32.9. The summed E-state index contributed by atoms with van der Waals surface area (Å²) in [6.45, 7) is -0.136. The van der Waals surface area contributed by atoms with Crippen LogP contribution in [0, 0.1) is 0 Å². The molecule has 9 unspecified atom stereocenters. The third-order valence-corrected chi connectivity index (χ3v) is 36.5. The van der Waals surface area contributed by atoms with E-state index in [0.29, 0.717) is 0 Å². The standard InChI is InChI=1S/CH16P12/c2-9-12(13(7)8)1(10(3)4)11(5)6/h1,9H,2-8H2/i1D. The minimum Gasteiger partial charge on any atom is -0.110 e. The Morgan fingerprint density at radius 3 is 1.46 bits per heavy atom. The predicted molar refractivity (Wildman–Crippen MR) is 108 cm³/mol. The third kappa shape index (κ3) is 7.35. The Hall–Kier alpha value is 5.16. The van der Waals surface area contributed by atoms with Crippen molar-refractivity contribution >= 4 is 99.3 Å². The van der Waals surface area contributed by atoms with E-state index in [1.807, 2.05) is 0 Å². The Labute approximate surface area is 105 Å². The monoisotopic (exact) mass is 401 g/mol. The first-order valence-corrected chi connectivity index (χ1v) is 22.4. The van der Waals surface area contributed by atoms with Gasteiger partial charge in [0.1, 0.15) is 0 Å². The highest BCUT2D eigenvalue weighted by molar-refractivity contribution is 8.90. The second kappa shape index (κ2) is 10.0. The summed E-state index contributed by atoms with van der Waals surface area (Å²) in [5, 5.41) is -0.236. The van der Waals surface area contributed by atoms with Gasteiger partial charge >= 0.3 is 0 Å². The Morgan fingerprint density at radius 1 is 1.00 bits per heavy atom. The Balaban J connectivity index is 4.96. The smallest absolute Gasteiger partial charge is 0.0471 e. The molecular weight excluding hydrogens is 384 g/mol. The maximum Gasteiger partial charge on any atom is 0.0471 e. The van der Waals surface area contributed by atoms with E-state index in [0.717, 1.165) is 7.96 Å². The van der Waals surface area contributed by atoms with E-state index in [4.69, 9.17) is 1.37 Å². The lowest BCUT2D eigenvalue weighted by atomic mass is 11.9. The van der Waals surface area contributed by atoms with Crippen molar-refractivity contribution in [3.8, 4) is 0 Å². The van der Waals surface area contributed by atoms with Crippen molar-refractivity contribution in [1.29, 1.82) is 0 Å². The molecule has 0 bridgehead atoms. The SMILES string of the molecule is [2H]C(P(P)P)(P(P)P)P(PP)P(P)P. The molecule has 0 aliphatic rings. The van der Waals surface area contributed by atoms with Gasteiger partial charge in [0.15, 0.2) is 0 Å². The summed E-state index contributed by atoms with van der Waals surface area (Å²) in [4.78, 5) is 0. The maximum atomic E-state index is 8.70. The fraction of sp³-hybridized carbons (Fsp3) is 1.00. The van der Waals surface area contributed by atoms with E-state index in [9.17, 15) is 0 Å². The van der Waals surface area contributed by atoms with E-state index in [1.54, 1.807) is 0 Å². The van der Waals surface area contributed by atoms with Crippen LogP contribution in [0.4, 0.5) is 0 Å². The van der Waals surface area contributed by atoms with Gasteiger partial charge < -0.3 is 0 Å². The van der Waals surface area contributed by atoms with Crippen molar-refractivity contribution in [2.75, 3.05) is 0 Å². The number of hydrogen-bond donors (Lipinski definition) is 0. The molecule has 0 amide bonds. The lowest BCUT2D eigenvalue weighted by molar-refractivity contribution is 2.06. The van der Waals surface area contributed by atoms with Gasteiger partial charge in [-0.2, -0.15) is 0 Å². The summed E-state index contributed by atoms with van der Waals surface area (Å²) in [6, 6.07) is 0. The highest BCUT2D eigenvalue weighted by Gasteiger charge is 2.28. The second-order valence-corrected chi connectivity index (χ2v) is 33.7. The van der Waals surface area contributed by atoms with E-state index in [1.165, 1.54) is 0 Å². The van der Waals surface area contributed by atoms with Crippen LogP contribution in [0.15, 0.2) is 0 Å². The molecule has 0 saturated carbocycles. The molecule has 0 aromatic rings. The molecule has 9 atom stereocenters. The van der Waals surface area contributed by atoms with Crippen molar-refractivity contribution < 1.29 is 1.37 Å². The summed E-state index contributed by atoms with van der Waals surface area (Å²) in [5.41, 5.74) is 0. The molecule has 0 aliphatic carbocycles. The summed E-state index contributed by atoms with van der Waals surface area (Å²) in [5.74, 6) is 0. The molecule has 13 heavy (non-hydrogen) atoms. The largest absolute Gasteiger partial charge is 0.110 e. The van der Waals surface area contributed by atoms with Crippen LogP contribution in [-0.2, 0) is 0 Å².